The highest BCUT2D eigenvalue weighted by atomic mass is 79.9. The summed E-state index contributed by atoms with van der Waals surface area (Å²) in [4.78, 5) is 11.9. The second-order valence-electron chi connectivity index (χ2n) is 4.11. The average molecular weight is 305 g/mol. The molecular formula is C12H15BrClNO. The molecule has 88 valence electrons. The van der Waals surface area contributed by atoms with Crippen molar-refractivity contribution in [2.24, 2.45) is 5.73 Å². The Bertz CT molecular complexity index is 404. The van der Waals surface area contributed by atoms with Gasteiger partial charge in [-0.15, -0.1) is 0 Å². The molecule has 1 unspecified atom stereocenters. The molecule has 0 amide bonds. The van der Waals surface area contributed by atoms with Crippen LogP contribution in [0, 0.1) is 0 Å². The summed E-state index contributed by atoms with van der Waals surface area (Å²) in [6, 6.07) is 5.49. The molecule has 0 saturated carbocycles. The minimum Gasteiger partial charge on any atom is -0.319 e. The second-order valence-corrected chi connectivity index (χ2v) is 5.43. The van der Waals surface area contributed by atoms with Crippen LogP contribution in [0.2, 0.25) is 5.02 Å². The highest BCUT2D eigenvalue weighted by molar-refractivity contribution is 9.10. The fourth-order valence-corrected chi connectivity index (χ4v) is 1.98. The lowest BCUT2D eigenvalue weighted by Gasteiger charge is -2.21. The lowest BCUT2D eigenvalue weighted by Crippen LogP contribution is -2.45. The molecule has 0 spiro atoms. The molecule has 1 aromatic carbocycles. The molecule has 0 aliphatic rings. The first-order chi connectivity index (χ1) is 7.36. The van der Waals surface area contributed by atoms with E-state index in [0.717, 1.165) is 10.0 Å². The Morgan fingerprint density at radius 1 is 1.56 bits per heavy atom. The van der Waals surface area contributed by atoms with Crippen LogP contribution >= 0.6 is 27.5 Å². The summed E-state index contributed by atoms with van der Waals surface area (Å²) < 4.78 is 0.903. The van der Waals surface area contributed by atoms with Crippen molar-refractivity contribution in [3.8, 4) is 0 Å². The Hall–Kier alpha value is -0.380. The normalized spacial score (nSPS) is 14.6. The second kappa shape index (κ2) is 5.30. The van der Waals surface area contributed by atoms with Crippen LogP contribution in [0.5, 0.6) is 0 Å². The number of benzene rings is 1. The van der Waals surface area contributed by atoms with E-state index >= 15 is 0 Å². The van der Waals surface area contributed by atoms with Gasteiger partial charge in [0.2, 0.25) is 0 Å². The third-order valence-corrected chi connectivity index (χ3v) is 3.58. The maximum atomic E-state index is 11.9. The van der Waals surface area contributed by atoms with E-state index in [9.17, 15) is 4.79 Å². The largest absolute Gasteiger partial charge is 0.319 e. The predicted molar refractivity (Wildman–Crippen MR) is 70.7 cm³/mol. The number of ketones is 1. The van der Waals surface area contributed by atoms with Crippen molar-refractivity contribution in [2.75, 3.05) is 0 Å². The first-order valence-corrected chi connectivity index (χ1v) is 6.30. The molecule has 0 aliphatic heterocycles. The van der Waals surface area contributed by atoms with Crippen LogP contribution in [0.3, 0.4) is 0 Å². The molecule has 0 aliphatic carbocycles. The SMILES string of the molecule is CCC(C)(N)C(=O)Cc1ccc(Br)cc1Cl. The monoisotopic (exact) mass is 303 g/mol. The summed E-state index contributed by atoms with van der Waals surface area (Å²) in [6.45, 7) is 3.66. The van der Waals surface area contributed by atoms with E-state index in [-0.39, 0.29) is 12.2 Å². The zero-order valence-electron chi connectivity index (χ0n) is 9.39. The van der Waals surface area contributed by atoms with Gasteiger partial charge >= 0.3 is 0 Å². The van der Waals surface area contributed by atoms with Crippen LogP contribution in [-0.2, 0) is 11.2 Å². The molecule has 0 saturated heterocycles. The fraction of sp³-hybridized carbons (Fsp3) is 0.417. The summed E-state index contributed by atoms with van der Waals surface area (Å²) >= 11 is 9.37. The van der Waals surface area contributed by atoms with Gasteiger partial charge in [0.05, 0.1) is 5.54 Å². The number of nitrogens with two attached hydrogens (primary N) is 1. The molecule has 1 aromatic rings. The van der Waals surface area contributed by atoms with Crippen molar-refractivity contribution in [3.05, 3.63) is 33.3 Å². The van der Waals surface area contributed by atoms with Crippen molar-refractivity contribution in [1.29, 1.82) is 0 Å². The molecule has 1 atom stereocenters. The van der Waals surface area contributed by atoms with Gasteiger partial charge in [-0.25, -0.2) is 0 Å². The lowest BCUT2D eigenvalue weighted by molar-refractivity contribution is -0.123. The van der Waals surface area contributed by atoms with Crippen LogP contribution < -0.4 is 5.73 Å². The maximum absolute atomic E-state index is 11.9. The van der Waals surface area contributed by atoms with Gasteiger partial charge in [0.15, 0.2) is 5.78 Å². The van der Waals surface area contributed by atoms with Gasteiger partial charge in [-0.2, -0.15) is 0 Å². The molecule has 0 aromatic heterocycles. The molecule has 4 heteroatoms. The predicted octanol–water partition coefficient (Wildman–Crippen LogP) is 3.34. The highest BCUT2D eigenvalue weighted by Gasteiger charge is 2.26. The van der Waals surface area contributed by atoms with E-state index < -0.39 is 5.54 Å². The molecule has 0 radical (unpaired) electrons. The summed E-state index contributed by atoms with van der Waals surface area (Å²) in [7, 11) is 0. The minimum absolute atomic E-state index is 0.0132. The maximum Gasteiger partial charge on any atom is 0.156 e. The molecule has 0 heterocycles. The van der Waals surface area contributed by atoms with Gasteiger partial charge in [-0.1, -0.05) is 40.5 Å². The average Bonchev–Trinajstić information content (AvgIpc) is 2.22. The summed E-state index contributed by atoms with van der Waals surface area (Å²) in [5.74, 6) is 0.0132. The van der Waals surface area contributed by atoms with Crippen molar-refractivity contribution < 1.29 is 4.79 Å². The van der Waals surface area contributed by atoms with E-state index in [2.05, 4.69) is 15.9 Å². The Balaban J connectivity index is 2.85. The number of Topliss-reactive ketones (excluding diaryl/α,β-unsaturated/α-hetero) is 1. The first kappa shape index (κ1) is 13.7. The molecule has 0 bridgehead atoms. The van der Waals surface area contributed by atoms with Crippen LogP contribution in [0.15, 0.2) is 22.7 Å². The van der Waals surface area contributed by atoms with Crippen molar-refractivity contribution >= 4 is 33.3 Å². The Kier molecular flexibility index (Phi) is 4.53. The summed E-state index contributed by atoms with van der Waals surface area (Å²) in [5.41, 5.74) is 5.94. The number of carbonyl (C=O) groups is 1. The molecule has 16 heavy (non-hydrogen) atoms. The Morgan fingerprint density at radius 2 is 2.19 bits per heavy atom. The van der Waals surface area contributed by atoms with E-state index in [1.807, 2.05) is 19.1 Å². The van der Waals surface area contributed by atoms with Crippen molar-refractivity contribution in [1.82, 2.24) is 0 Å². The zero-order chi connectivity index (χ0) is 12.3. The number of rotatable bonds is 4. The van der Waals surface area contributed by atoms with Crippen LogP contribution in [0.25, 0.3) is 0 Å². The van der Waals surface area contributed by atoms with E-state index in [0.29, 0.717) is 11.4 Å². The minimum atomic E-state index is -0.767. The quantitative estimate of drug-likeness (QED) is 0.927. The fourth-order valence-electron chi connectivity index (χ4n) is 1.24. The number of carbonyl (C=O) groups excluding carboxylic acids is 1. The van der Waals surface area contributed by atoms with Crippen LogP contribution in [0.4, 0.5) is 0 Å². The van der Waals surface area contributed by atoms with E-state index in [4.69, 9.17) is 17.3 Å². The van der Waals surface area contributed by atoms with Crippen LogP contribution in [-0.4, -0.2) is 11.3 Å². The number of hydrogen-bond donors (Lipinski definition) is 1. The van der Waals surface area contributed by atoms with Crippen molar-refractivity contribution in [3.63, 3.8) is 0 Å². The van der Waals surface area contributed by atoms with Gasteiger partial charge < -0.3 is 5.73 Å². The third kappa shape index (κ3) is 3.30. The standard InChI is InChI=1S/C12H15BrClNO/c1-3-12(2,15)11(16)6-8-4-5-9(13)7-10(8)14/h4-5,7H,3,6,15H2,1-2H3. The first-order valence-electron chi connectivity index (χ1n) is 5.13. The van der Waals surface area contributed by atoms with Gasteiger partial charge in [0, 0.05) is 15.9 Å². The van der Waals surface area contributed by atoms with Gasteiger partial charge in [-0.05, 0) is 31.0 Å². The third-order valence-electron chi connectivity index (χ3n) is 2.74. The van der Waals surface area contributed by atoms with Gasteiger partial charge in [0.1, 0.15) is 0 Å². The molecule has 0 fully saturated rings. The van der Waals surface area contributed by atoms with Gasteiger partial charge in [-0.3, -0.25) is 4.79 Å². The van der Waals surface area contributed by atoms with Gasteiger partial charge in [0.25, 0.3) is 0 Å². The number of hydrogen-bond acceptors (Lipinski definition) is 2. The van der Waals surface area contributed by atoms with E-state index in [1.54, 1.807) is 13.0 Å². The Labute approximate surface area is 109 Å². The van der Waals surface area contributed by atoms with Crippen molar-refractivity contribution in [2.45, 2.75) is 32.2 Å². The Morgan fingerprint density at radius 3 is 2.69 bits per heavy atom. The smallest absolute Gasteiger partial charge is 0.156 e. The van der Waals surface area contributed by atoms with E-state index in [1.165, 1.54) is 0 Å². The summed E-state index contributed by atoms with van der Waals surface area (Å²) in [6.07, 6.45) is 0.910. The molecular weight excluding hydrogens is 289 g/mol. The molecule has 2 nitrogen and oxygen atoms in total. The topological polar surface area (TPSA) is 43.1 Å². The number of halogens is 2. The zero-order valence-corrected chi connectivity index (χ0v) is 11.7. The summed E-state index contributed by atoms with van der Waals surface area (Å²) in [5, 5.41) is 0.592. The lowest BCUT2D eigenvalue weighted by atomic mass is 9.90. The van der Waals surface area contributed by atoms with Crippen LogP contribution in [0.1, 0.15) is 25.8 Å². The molecule has 1 rings (SSSR count). The molecule has 2 N–H and O–H groups in total. The highest BCUT2D eigenvalue weighted by Crippen LogP contribution is 2.23.